The molecule has 0 aliphatic heterocycles. The van der Waals surface area contributed by atoms with E-state index >= 15 is 0 Å². The highest BCUT2D eigenvalue weighted by Crippen LogP contribution is 2.26. The van der Waals surface area contributed by atoms with Gasteiger partial charge in [-0.2, -0.15) is 0 Å². The number of sulfonamides is 1. The number of carbonyl (C=O) groups excluding carboxylic acids is 1. The number of rotatable bonds is 7. The molecule has 6 nitrogen and oxygen atoms in total. The minimum atomic E-state index is -3.81. The average Bonchev–Trinajstić information content (AvgIpc) is 2.73. The first kappa shape index (κ1) is 19.4. The molecule has 0 aromatic heterocycles. The van der Waals surface area contributed by atoms with Gasteiger partial charge in [-0.25, -0.2) is 8.42 Å². The molecule has 3 aromatic rings. The average molecular weight is 396 g/mol. The van der Waals surface area contributed by atoms with E-state index in [0.717, 1.165) is 5.56 Å². The Bertz CT molecular complexity index is 1050. The Kier molecular flexibility index (Phi) is 5.96. The van der Waals surface area contributed by atoms with Gasteiger partial charge in [-0.15, -0.1) is 0 Å². The number of amides is 1. The number of para-hydroxylation sites is 2. The first-order valence-electron chi connectivity index (χ1n) is 8.57. The number of methoxy groups -OCH3 is 1. The van der Waals surface area contributed by atoms with E-state index in [9.17, 15) is 13.2 Å². The van der Waals surface area contributed by atoms with Crippen LogP contribution in [0.5, 0.6) is 5.75 Å². The van der Waals surface area contributed by atoms with Crippen molar-refractivity contribution in [2.24, 2.45) is 0 Å². The molecule has 0 saturated heterocycles. The maximum absolute atomic E-state index is 12.6. The molecule has 2 N–H and O–H groups in total. The number of hydrogen-bond acceptors (Lipinski definition) is 4. The summed E-state index contributed by atoms with van der Waals surface area (Å²) < 4.78 is 32.8. The van der Waals surface area contributed by atoms with E-state index in [-0.39, 0.29) is 10.8 Å². The van der Waals surface area contributed by atoms with Crippen LogP contribution in [0.1, 0.15) is 15.9 Å². The third-order valence-electron chi connectivity index (χ3n) is 4.07. The van der Waals surface area contributed by atoms with Crippen LogP contribution in [-0.4, -0.2) is 21.4 Å². The summed E-state index contributed by atoms with van der Waals surface area (Å²) in [6.07, 6.45) is 0. The maximum atomic E-state index is 12.6. The number of nitrogens with one attached hydrogen (secondary N) is 2. The fourth-order valence-corrected chi connectivity index (χ4v) is 3.67. The second-order valence-corrected chi connectivity index (χ2v) is 7.68. The summed E-state index contributed by atoms with van der Waals surface area (Å²) in [6, 6.07) is 22.0. The van der Waals surface area contributed by atoms with Crippen molar-refractivity contribution in [2.75, 3.05) is 11.8 Å². The summed E-state index contributed by atoms with van der Waals surface area (Å²) in [6.45, 7) is 0.398. The molecule has 0 bridgehead atoms. The van der Waals surface area contributed by atoms with Crippen molar-refractivity contribution in [2.45, 2.75) is 11.4 Å². The van der Waals surface area contributed by atoms with Crippen LogP contribution in [0, 0.1) is 0 Å². The van der Waals surface area contributed by atoms with E-state index < -0.39 is 10.0 Å². The quantitative estimate of drug-likeness (QED) is 0.641. The van der Waals surface area contributed by atoms with Gasteiger partial charge in [0, 0.05) is 12.1 Å². The van der Waals surface area contributed by atoms with Gasteiger partial charge in [0.15, 0.2) is 0 Å². The lowest BCUT2D eigenvalue weighted by Crippen LogP contribution is -2.22. The lowest BCUT2D eigenvalue weighted by Gasteiger charge is -2.12. The van der Waals surface area contributed by atoms with Crippen molar-refractivity contribution in [3.63, 3.8) is 0 Å². The normalized spacial score (nSPS) is 10.9. The number of ether oxygens (including phenoxy) is 1. The van der Waals surface area contributed by atoms with Gasteiger partial charge in [-0.05, 0) is 42.0 Å². The van der Waals surface area contributed by atoms with Gasteiger partial charge in [-0.1, -0.05) is 42.5 Å². The largest absolute Gasteiger partial charge is 0.495 e. The monoisotopic (exact) mass is 396 g/mol. The predicted octanol–water partition coefficient (Wildman–Crippen LogP) is 3.43. The van der Waals surface area contributed by atoms with Crippen LogP contribution in [0.2, 0.25) is 0 Å². The van der Waals surface area contributed by atoms with Crippen molar-refractivity contribution in [3.05, 3.63) is 90.0 Å². The van der Waals surface area contributed by atoms with E-state index in [2.05, 4.69) is 10.0 Å². The van der Waals surface area contributed by atoms with E-state index in [1.54, 1.807) is 24.3 Å². The molecule has 0 spiro atoms. The SMILES string of the molecule is COc1ccccc1NS(=O)(=O)c1ccc(C(=O)NCc2ccccc2)cc1. The molecule has 7 heteroatoms. The molecule has 3 aromatic carbocycles. The molecule has 0 aliphatic carbocycles. The molecule has 0 aliphatic rings. The summed E-state index contributed by atoms with van der Waals surface area (Å²) in [5.74, 6) is 0.147. The van der Waals surface area contributed by atoms with E-state index in [0.29, 0.717) is 23.5 Å². The summed E-state index contributed by atoms with van der Waals surface area (Å²) in [7, 11) is -2.34. The van der Waals surface area contributed by atoms with Gasteiger partial charge in [0.25, 0.3) is 15.9 Å². The summed E-state index contributed by atoms with van der Waals surface area (Å²) in [5.41, 5.74) is 1.71. The zero-order chi connectivity index (χ0) is 20.0. The Morgan fingerprint density at radius 3 is 2.21 bits per heavy atom. The highest BCUT2D eigenvalue weighted by Gasteiger charge is 2.17. The van der Waals surface area contributed by atoms with Crippen LogP contribution in [0.3, 0.4) is 0 Å². The van der Waals surface area contributed by atoms with Crippen molar-refractivity contribution in [1.29, 1.82) is 0 Å². The molecule has 0 unspecified atom stereocenters. The standard InChI is InChI=1S/C21H20N2O4S/c1-27-20-10-6-5-9-19(20)23-28(25,26)18-13-11-17(12-14-18)21(24)22-15-16-7-3-2-4-8-16/h2-14,23H,15H2,1H3,(H,22,24). The predicted molar refractivity (Wildman–Crippen MR) is 108 cm³/mol. The molecule has 0 saturated carbocycles. The molecule has 144 valence electrons. The minimum Gasteiger partial charge on any atom is -0.495 e. The fraction of sp³-hybridized carbons (Fsp3) is 0.0952. The zero-order valence-corrected chi connectivity index (χ0v) is 16.1. The van der Waals surface area contributed by atoms with Gasteiger partial charge in [-0.3, -0.25) is 9.52 Å². The zero-order valence-electron chi connectivity index (χ0n) is 15.3. The second kappa shape index (κ2) is 8.58. The number of anilines is 1. The highest BCUT2D eigenvalue weighted by molar-refractivity contribution is 7.92. The molecule has 0 fully saturated rings. The molecule has 28 heavy (non-hydrogen) atoms. The lowest BCUT2D eigenvalue weighted by molar-refractivity contribution is 0.0951. The Balaban J connectivity index is 1.69. The molecule has 0 atom stereocenters. The van der Waals surface area contributed by atoms with Gasteiger partial charge >= 0.3 is 0 Å². The molecule has 3 rings (SSSR count). The number of benzene rings is 3. The molecule has 1 amide bonds. The van der Waals surface area contributed by atoms with Crippen molar-refractivity contribution >= 4 is 21.6 Å². The Labute approximate surface area is 164 Å². The van der Waals surface area contributed by atoms with Gasteiger partial charge in [0.05, 0.1) is 17.7 Å². The molecule has 0 heterocycles. The maximum Gasteiger partial charge on any atom is 0.262 e. The van der Waals surface area contributed by atoms with Crippen molar-refractivity contribution in [3.8, 4) is 5.75 Å². The Hall–Kier alpha value is -3.32. The summed E-state index contributed by atoms with van der Waals surface area (Å²) >= 11 is 0. The van der Waals surface area contributed by atoms with Crippen LogP contribution >= 0.6 is 0 Å². The first-order chi connectivity index (χ1) is 13.5. The summed E-state index contributed by atoms with van der Waals surface area (Å²) in [5, 5.41) is 2.81. The van der Waals surface area contributed by atoms with Crippen molar-refractivity contribution in [1.82, 2.24) is 5.32 Å². The highest BCUT2D eigenvalue weighted by atomic mass is 32.2. The number of hydrogen-bond donors (Lipinski definition) is 2. The van der Waals surface area contributed by atoms with Crippen LogP contribution in [0.15, 0.2) is 83.8 Å². The van der Waals surface area contributed by atoms with Crippen LogP contribution in [0.4, 0.5) is 5.69 Å². The van der Waals surface area contributed by atoms with Gasteiger partial charge in [0.2, 0.25) is 0 Å². The fourth-order valence-electron chi connectivity index (χ4n) is 2.60. The third-order valence-corrected chi connectivity index (χ3v) is 5.46. The van der Waals surface area contributed by atoms with Gasteiger partial charge in [0.1, 0.15) is 5.75 Å². The third kappa shape index (κ3) is 4.69. The molecular weight excluding hydrogens is 376 g/mol. The van der Waals surface area contributed by atoms with E-state index in [4.69, 9.17) is 4.74 Å². The van der Waals surface area contributed by atoms with Crippen LogP contribution in [0.25, 0.3) is 0 Å². The lowest BCUT2D eigenvalue weighted by atomic mass is 10.2. The van der Waals surface area contributed by atoms with E-state index in [1.165, 1.54) is 31.4 Å². The number of carbonyl (C=O) groups is 1. The Morgan fingerprint density at radius 1 is 0.893 bits per heavy atom. The van der Waals surface area contributed by atoms with E-state index in [1.807, 2.05) is 30.3 Å². The van der Waals surface area contributed by atoms with Crippen molar-refractivity contribution < 1.29 is 17.9 Å². The molecular formula is C21H20N2O4S. The second-order valence-electron chi connectivity index (χ2n) is 6.00. The van der Waals surface area contributed by atoms with Crippen LogP contribution < -0.4 is 14.8 Å². The topological polar surface area (TPSA) is 84.5 Å². The van der Waals surface area contributed by atoms with Gasteiger partial charge < -0.3 is 10.1 Å². The minimum absolute atomic E-state index is 0.0537. The summed E-state index contributed by atoms with van der Waals surface area (Å²) in [4.78, 5) is 12.3. The first-order valence-corrected chi connectivity index (χ1v) is 10.1. The molecule has 0 radical (unpaired) electrons. The smallest absolute Gasteiger partial charge is 0.262 e. The Morgan fingerprint density at radius 2 is 1.54 bits per heavy atom. The van der Waals surface area contributed by atoms with Crippen LogP contribution in [-0.2, 0) is 16.6 Å².